The number of nitrogens with zero attached hydrogens (tertiary/aromatic N) is 1. The van der Waals surface area contributed by atoms with Gasteiger partial charge in [-0.3, -0.25) is 0 Å². The van der Waals surface area contributed by atoms with Gasteiger partial charge in [-0.1, -0.05) is 13.3 Å². The largest absolute Gasteiger partial charge is 0.313 e. The Morgan fingerprint density at radius 3 is 2.53 bits per heavy atom. The summed E-state index contributed by atoms with van der Waals surface area (Å²) in [5.74, 6) is 2.10. The molecule has 2 fully saturated rings. The van der Waals surface area contributed by atoms with Gasteiger partial charge < -0.3 is 10.2 Å². The van der Waals surface area contributed by atoms with Crippen molar-refractivity contribution in [2.75, 3.05) is 26.2 Å². The minimum atomic E-state index is 0.687. The zero-order valence-electron chi connectivity index (χ0n) is 10.3. The maximum Gasteiger partial charge on any atom is 0.0107 e. The van der Waals surface area contributed by atoms with E-state index < -0.39 is 0 Å². The average Bonchev–Trinajstić information content (AvgIpc) is 2.77. The standard InChI is InChI=1S/C13H26N2/c1-3-11(2)14-7-8-15-9-12-5-4-6-13(12)10-15/h11-14H,3-10H2,1-2H3. The molecule has 0 amide bonds. The number of rotatable bonds is 5. The van der Waals surface area contributed by atoms with Crippen LogP contribution in [0.5, 0.6) is 0 Å². The smallest absolute Gasteiger partial charge is 0.0107 e. The number of fused-ring (bicyclic) bond motifs is 1. The number of likely N-dealkylation sites (tertiary alicyclic amines) is 1. The fourth-order valence-corrected chi connectivity index (χ4v) is 3.13. The van der Waals surface area contributed by atoms with Gasteiger partial charge in [0, 0.05) is 32.2 Å². The summed E-state index contributed by atoms with van der Waals surface area (Å²) in [6, 6.07) is 0.687. The first-order valence-electron chi connectivity index (χ1n) is 6.75. The van der Waals surface area contributed by atoms with Gasteiger partial charge in [0.1, 0.15) is 0 Å². The van der Waals surface area contributed by atoms with Crippen molar-refractivity contribution in [3.63, 3.8) is 0 Å². The molecule has 1 saturated heterocycles. The van der Waals surface area contributed by atoms with E-state index >= 15 is 0 Å². The van der Waals surface area contributed by atoms with Crippen molar-refractivity contribution < 1.29 is 0 Å². The van der Waals surface area contributed by atoms with Crippen molar-refractivity contribution >= 4 is 0 Å². The maximum atomic E-state index is 3.58. The monoisotopic (exact) mass is 210 g/mol. The molecule has 3 atom stereocenters. The lowest BCUT2D eigenvalue weighted by molar-refractivity contribution is 0.303. The van der Waals surface area contributed by atoms with Crippen LogP contribution in [-0.2, 0) is 0 Å². The number of hydrogen-bond acceptors (Lipinski definition) is 2. The van der Waals surface area contributed by atoms with Crippen molar-refractivity contribution in [2.24, 2.45) is 11.8 Å². The van der Waals surface area contributed by atoms with E-state index in [1.54, 1.807) is 0 Å². The van der Waals surface area contributed by atoms with Crippen LogP contribution in [0.2, 0.25) is 0 Å². The van der Waals surface area contributed by atoms with Crippen molar-refractivity contribution in [3.8, 4) is 0 Å². The molecule has 88 valence electrons. The molecule has 0 aromatic heterocycles. The second kappa shape index (κ2) is 5.31. The highest BCUT2D eigenvalue weighted by Crippen LogP contribution is 2.37. The predicted molar refractivity (Wildman–Crippen MR) is 65.0 cm³/mol. The fraction of sp³-hybridized carbons (Fsp3) is 1.00. The van der Waals surface area contributed by atoms with E-state index in [1.165, 1.54) is 51.9 Å². The van der Waals surface area contributed by atoms with Crippen LogP contribution in [-0.4, -0.2) is 37.1 Å². The van der Waals surface area contributed by atoms with Gasteiger partial charge in [-0.05, 0) is 38.0 Å². The Kier molecular flexibility index (Phi) is 4.04. The van der Waals surface area contributed by atoms with Crippen LogP contribution in [0.15, 0.2) is 0 Å². The Hall–Kier alpha value is -0.0800. The highest BCUT2D eigenvalue weighted by molar-refractivity contribution is 4.88. The molecule has 15 heavy (non-hydrogen) atoms. The van der Waals surface area contributed by atoms with Crippen LogP contribution in [0.25, 0.3) is 0 Å². The lowest BCUT2D eigenvalue weighted by Crippen LogP contribution is -2.35. The van der Waals surface area contributed by atoms with Crippen molar-refractivity contribution in [1.82, 2.24) is 10.2 Å². The molecule has 3 unspecified atom stereocenters. The lowest BCUT2D eigenvalue weighted by Gasteiger charge is -2.18. The first-order valence-corrected chi connectivity index (χ1v) is 6.75. The highest BCUT2D eigenvalue weighted by atomic mass is 15.2. The van der Waals surface area contributed by atoms with Gasteiger partial charge >= 0.3 is 0 Å². The van der Waals surface area contributed by atoms with Crippen LogP contribution in [0, 0.1) is 11.8 Å². The van der Waals surface area contributed by atoms with Crippen LogP contribution < -0.4 is 5.32 Å². The van der Waals surface area contributed by atoms with Gasteiger partial charge in [-0.25, -0.2) is 0 Å². The zero-order valence-corrected chi connectivity index (χ0v) is 10.3. The molecule has 1 heterocycles. The lowest BCUT2D eigenvalue weighted by atomic mass is 10.0. The fourth-order valence-electron chi connectivity index (χ4n) is 3.13. The molecule has 0 bridgehead atoms. The van der Waals surface area contributed by atoms with E-state index in [1.807, 2.05) is 0 Å². The van der Waals surface area contributed by atoms with Gasteiger partial charge in [0.25, 0.3) is 0 Å². The predicted octanol–water partition coefficient (Wildman–Crippen LogP) is 2.11. The van der Waals surface area contributed by atoms with E-state index in [0.717, 1.165) is 11.8 Å². The first kappa shape index (κ1) is 11.4. The maximum absolute atomic E-state index is 3.58. The van der Waals surface area contributed by atoms with E-state index in [0.29, 0.717) is 6.04 Å². The Morgan fingerprint density at radius 1 is 1.27 bits per heavy atom. The molecular weight excluding hydrogens is 184 g/mol. The summed E-state index contributed by atoms with van der Waals surface area (Å²) in [6.07, 6.45) is 5.74. The SMILES string of the molecule is CCC(C)NCCN1CC2CCCC2C1. The van der Waals surface area contributed by atoms with E-state index in [4.69, 9.17) is 0 Å². The van der Waals surface area contributed by atoms with E-state index in [2.05, 4.69) is 24.1 Å². The van der Waals surface area contributed by atoms with Gasteiger partial charge in [0.15, 0.2) is 0 Å². The van der Waals surface area contributed by atoms with Crippen LogP contribution in [0.1, 0.15) is 39.5 Å². The normalized spacial score (nSPS) is 33.2. The van der Waals surface area contributed by atoms with Crippen LogP contribution >= 0.6 is 0 Å². The summed E-state index contributed by atoms with van der Waals surface area (Å²) in [5.41, 5.74) is 0. The average molecular weight is 210 g/mol. The number of nitrogens with one attached hydrogen (secondary N) is 1. The molecule has 1 N–H and O–H groups in total. The number of hydrogen-bond donors (Lipinski definition) is 1. The van der Waals surface area contributed by atoms with Crippen LogP contribution in [0.3, 0.4) is 0 Å². The molecule has 0 aromatic rings. The van der Waals surface area contributed by atoms with Gasteiger partial charge in [0.05, 0.1) is 0 Å². The third kappa shape index (κ3) is 2.94. The quantitative estimate of drug-likeness (QED) is 0.747. The Balaban J connectivity index is 1.61. The van der Waals surface area contributed by atoms with Crippen molar-refractivity contribution in [2.45, 2.75) is 45.6 Å². The molecule has 2 heteroatoms. The van der Waals surface area contributed by atoms with E-state index in [-0.39, 0.29) is 0 Å². The summed E-state index contributed by atoms with van der Waals surface area (Å²) in [6.45, 7) is 9.72. The van der Waals surface area contributed by atoms with Gasteiger partial charge in [0.2, 0.25) is 0 Å². The summed E-state index contributed by atoms with van der Waals surface area (Å²) < 4.78 is 0. The summed E-state index contributed by atoms with van der Waals surface area (Å²) >= 11 is 0. The summed E-state index contributed by atoms with van der Waals surface area (Å²) in [5, 5.41) is 3.58. The molecule has 2 rings (SSSR count). The Bertz CT molecular complexity index is 181. The van der Waals surface area contributed by atoms with Crippen molar-refractivity contribution in [1.29, 1.82) is 0 Å². The molecule has 0 aromatic carbocycles. The molecule has 2 aliphatic rings. The molecule has 0 spiro atoms. The Morgan fingerprint density at radius 2 is 1.93 bits per heavy atom. The molecule has 0 radical (unpaired) electrons. The molecule has 1 aliphatic heterocycles. The molecule has 2 nitrogen and oxygen atoms in total. The Labute approximate surface area is 94.4 Å². The molecule has 1 saturated carbocycles. The minimum Gasteiger partial charge on any atom is -0.313 e. The third-order valence-corrected chi connectivity index (χ3v) is 4.34. The third-order valence-electron chi connectivity index (χ3n) is 4.34. The second-order valence-corrected chi connectivity index (χ2v) is 5.47. The minimum absolute atomic E-state index is 0.687. The highest BCUT2D eigenvalue weighted by Gasteiger charge is 2.35. The molecule has 1 aliphatic carbocycles. The molecular formula is C13H26N2. The van der Waals surface area contributed by atoms with Crippen molar-refractivity contribution in [3.05, 3.63) is 0 Å². The van der Waals surface area contributed by atoms with Crippen LogP contribution in [0.4, 0.5) is 0 Å². The second-order valence-electron chi connectivity index (χ2n) is 5.47. The summed E-state index contributed by atoms with van der Waals surface area (Å²) in [7, 11) is 0. The van der Waals surface area contributed by atoms with Gasteiger partial charge in [-0.2, -0.15) is 0 Å². The summed E-state index contributed by atoms with van der Waals surface area (Å²) in [4.78, 5) is 2.67. The topological polar surface area (TPSA) is 15.3 Å². The van der Waals surface area contributed by atoms with E-state index in [9.17, 15) is 0 Å². The first-order chi connectivity index (χ1) is 7.29. The van der Waals surface area contributed by atoms with Gasteiger partial charge in [-0.15, -0.1) is 0 Å². The zero-order chi connectivity index (χ0) is 10.7.